The van der Waals surface area contributed by atoms with Crippen LogP contribution in [0.15, 0.2) is 35.3 Å². The number of furan rings is 1. The van der Waals surface area contributed by atoms with Crippen molar-refractivity contribution >= 4 is 12.4 Å². The average Bonchev–Trinajstić information content (AvgIpc) is 3.15. The first-order valence-corrected chi connectivity index (χ1v) is 8.82. The van der Waals surface area contributed by atoms with Crippen molar-refractivity contribution in [3.05, 3.63) is 42.1 Å². The van der Waals surface area contributed by atoms with Gasteiger partial charge in [-0.1, -0.05) is 0 Å². The Morgan fingerprint density at radius 2 is 2.04 bits per heavy atom. The van der Waals surface area contributed by atoms with Gasteiger partial charge in [0.15, 0.2) is 11.5 Å². The largest absolute Gasteiger partial charge is 0.493 e. The van der Waals surface area contributed by atoms with E-state index in [4.69, 9.17) is 23.8 Å². The van der Waals surface area contributed by atoms with Gasteiger partial charge in [0.05, 0.1) is 26.0 Å². The zero-order chi connectivity index (χ0) is 20.4. The van der Waals surface area contributed by atoms with Gasteiger partial charge in [0.2, 0.25) is 0 Å². The highest BCUT2D eigenvalue weighted by atomic mass is 16.5. The fraction of sp³-hybridized carbons (Fsp3) is 0.421. The van der Waals surface area contributed by atoms with E-state index < -0.39 is 0 Å². The number of rotatable bonds is 5. The number of carbonyl (C=O) groups excluding carboxylic acids is 1. The fourth-order valence-corrected chi connectivity index (χ4v) is 3.08. The van der Waals surface area contributed by atoms with Crippen molar-refractivity contribution in [3.63, 3.8) is 0 Å². The molecule has 0 spiro atoms. The Balaban J connectivity index is 0.000000878. The van der Waals surface area contributed by atoms with Crippen molar-refractivity contribution in [2.75, 3.05) is 40.4 Å². The molecular weight excluding hydrogens is 366 g/mol. The lowest BCUT2D eigenvalue weighted by Crippen LogP contribution is -2.35. The Kier molecular flexibility index (Phi) is 8.29. The number of pyridine rings is 1. The molecule has 0 atom stereocenters. The molecule has 3 rings (SSSR count). The Morgan fingerprint density at radius 1 is 1.25 bits per heavy atom. The lowest BCUT2D eigenvalue weighted by Gasteiger charge is -2.22. The molecule has 2 aromatic heterocycles. The molecule has 1 aliphatic rings. The number of carboxylic acid groups (broad SMARTS) is 1. The Morgan fingerprint density at radius 3 is 2.68 bits per heavy atom. The number of amides is 1. The quantitative estimate of drug-likeness (QED) is 0.769. The second kappa shape index (κ2) is 10.9. The first-order chi connectivity index (χ1) is 13.6. The molecule has 3 heterocycles. The third-order valence-electron chi connectivity index (χ3n) is 4.38. The number of carbonyl (C=O) groups is 2. The summed E-state index contributed by atoms with van der Waals surface area (Å²) in [5.41, 5.74) is 1.45. The maximum Gasteiger partial charge on any atom is 0.290 e. The number of hydrogen-bond acceptors (Lipinski definition) is 7. The Labute approximate surface area is 163 Å². The molecule has 1 amide bonds. The molecule has 28 heavy (non-hydrogen) atoms. The highest BCUT2D eigenvalue weighted by molar-refractivity contribution is 5.93. The van der Waals surface area contributed by atoms with Crippen LogP contribution in [0, 0.1) is 0 Å². The van der Waals surface area contributed by atoms with Crippen LogP contribution < -0.4 is 9.47 Å². The number of aromatic nitrogens is 1. The smallest absolute Gasteiger partial charge is 0.290 e. The highest BCUT2D eigenvalue weighted by Gasteiger charge is 2.22. The van der Waals surface area contributed by atoms with Gasteiger partial charge in [0.25, 0.3) is 12.4 Å². The number of methoxy groups -OCH3 is 2. The molecule has 0 aromatic carbocycles. The fourth-order valence-electron chi connectivity index (χ4n) is 3.08. The van der Waals surface area contributed by atoms with Crippen molar-refractivity contribution in [3.8, 4) is 11.5 Å². The lowest BCUT2D eigenvalue weighted by molar-refractivity contribution is -0.122. The van der Waals surface area contributed by atoms with E-state index in [1.807, 2.05) is 4.90 Å². The van der Waals surface area contributed by atoms with E-state index >= 15 is 0 Å². The van der Waals surface area contributed by atoms with Gasteiger partial charge in [-0.2, -0.15) is 0 Å². The highest BCUT2D eigenvalue weighted by Crippen LogP contribution is 2.30. The molecule has 2 aromatic rings. The summed E-state index contributed by atoms with van der Waals surface area (Å²) in [6, 6.07) is 3.49. The predicted molar refractivity (Wildman–Crippen MR) is 101 cm³/mol. The zero-order valence-electron chi connectivity index (χ0n) is 16.0. The van der Waals surface area contributed by atoms with Gasteiger partial charge in [-0.25, -0.2) is 0 Å². The van der Waals surface area contributed by atoms with E-state index in [-0.39, 0.29) is 12.4 Å². The maximum absolute atomic E-state index is 12.5. The van der Waals surface area contributed by atoms with Gasteiger partial charge < -0.3 is 23.9 Å². The summed E-state index contributed by atoms with van der Waals surface area (Å²) in [4.78, 5) is 29.4. The summed E-state index contributed by atoms with van der Waals surface area (Å²) >= 11 is 0. The maximum atomic E-state index is 12.5. The van der Waals surface area contributed by atoms with Crippen molar-refractivity contribution in [1.82, 2.24) is 14.8 Å². The summed E-state index contributed by atoms with van der Waals surface area (Å²) < 4.78 is 15.8. The normalized spacial score (nSPS) is 14.4. The summed E-state index contributed by atoms with van der Waals surface area (Å²) in [6.45, 7) is 3.51. The number of ether oxygens (including phenoxy) is 2. The van der Waals surface area contributed by atoms with Gasteiger partial charge in [-0.05, 0) is 12.5 Å². The van der Waals surface area contributed by atoms with Gasteiger partial charge in [-0.3, -0.25) is 19.5 Å². The molecular formula is C19H25N3O6. The third kappa shape index (κ3) is 5.46. The number of nitrogens with zero attached hydrogens (tertiary/aromatic N) is 3. The van der Waals surface area contributed by atoms with Crippen LogP contribution in [0.25, 0.3) is 0 Å². The predicted octanol–water partition coefficient (Wildman–Crippen LogP) is 1.74. The second-order valence-corrected chi connectivity index (χ2v) is 6.03. The Bertz CT molecular complexity index is 750. The van der Waals surface area contributed by atoms with Crippen LogP contribution in [0.3, 0.4) is 0 Å². The van der Waals surface area contributed by atoms with Crippen LogP contribution in [0.2, 0.25) is 0 Å². The molecule has 1 N–H and O–H groups in total. The van der Waals surface area contributed by atoms with Crippen LogP contribution in [0.5, 0.6) is 11.5 Å². The molecule has 0 saturated carbocycles. The minimum absolute atomic E-state index is 0.0210. The van der Waals surface area contributed by atoms with Crippen LogP contribution in [0.4, 0.5) is 0 Å². The summed E-state index contributed by atoms with van der Waals surface area (Å²) in [5, 5.41) is 6.89. The minimum atomic E-state index is -0.250. The van der Waals surface area contributed by atoms with E-state index in [9.17, 15) is 4.79 Å². The molecule has 0 radical (unpaired) electrons. The first kappa shape index (κ1) is 21.2. The SMILES string of the molecule is COc1ccnc(CN2CCCN(C(=O)c3ccoc3)CC2)c1OC.O=CO. The van der Waals surface area contributed by atoms with Gasteiger partial charge in [-0.15, -0.1) is 0 Å². The van der Waals surface area contributed by atoms with Crippen LogP contribution in [-0.2, 0) is 11.3 Å². The number of hydrogen-bond donors (Lipinski definition) is 1. The topological polar surface area (TPSA) is 105 Å². The lowest BCUT2D eigenvalue weighted by atomic mass is 10.2. The first-order valence-electron chi connectivity index (χ1n) is 8.82. The van der Waals surface area contributed by atoms with Crippen LogP contribution in [-0.4, -0.2) is 72.7 Å². The van der Waals surface area contributed by atoms with E-state index in [1.54, 1.807) is 32.5 Å². The molecule has 1 aliphatic heterocycles. The molecule has 1 fully saturated rings. The standard InChI is InChI=1S/C18H23N3O4.CH2O2/c1-23-16-4-6-19-15(17(16)24-2)12-20-7-3-8-21(10-9-20)18(22)14-5-11-25-13-14;2-1-3/h4-6,11,13H,3,7-10,12H2,1-2H3;1H,(H,2,3). The zero-order valence-corrected chi connectivity index (χ0v) is 16.0. The van der Waals surface area contributed by atoms with Crippen molar-refractivity contribution < 1.29 is 28.6 Å². The van der Waals surface area contributed by atoms with E-state index in [0.29, 0.717) is 30.2 Å². The molecule has 0 unspecified atom stereocenters. The molecule has 152 valence electrons. The van der Waals surface area contributed by atoms with Gasteiger partial charge >= 0.3 is 0 Å². The minimum Gasteiger partial charge on any atom is -0.493 e. The molecule has 1 saturated heterocycles. The molecule has 0 aliphatic carbocycles. The van der Waals surface area contributed by atoms with E-state index in [2.05, 4.69) is 9.88 Å². The van der Waals surface area contributed by atoms with Crippen molar-refractivity contribution in [2.24, 2.45) is 0 Å². The van der Waals surface area contributed by atoms with Gasteiger partial charge in [0.1, 0.15) is 12.0 Å². The average molecular weight is 391 g/mol. The van der Waals surface area contributed by atoms with Crippen LogP contribution in [0.1, 0.15) is 22.5 Å². The monoisotopic (exact) mass is 391 g/mol. The van der Waals surface area contributed by atoms with Crippen LogP contribution >= 0.6 is 0 Å². The molecule has 9 nitrogen and oxygen atoms in total. The van der Waals surface area contributed by atoms with E-state index in [1.165, 1.54) is 12.5 Å². The van der Waals surface area contributed by atoms with Crippen molar-refractivity contribution in [2.45, 2.75) is 13.0 Å². The molecule has 0 bridgehead atoms. The third-order valence-corrected chi connectivity index (χ3v) is 4.38. The summed E-state index contributed by atoms with van der Waals surface area (Å²) in [5.74, 6) is 1.37. The van der Waals surface area contributed by atoms with Gasteiger partial charge in [0, 0.05) is 45.0 Å². The van der Waals surface area contributed by atoms with Crippen molar-refractivity contribution in [1.29, 1.82) is 0 Å². The Hall–Kier alpha value is -3.07. The molecule has 9 heteroatoms. The van der Waals surface area contributed by atoms with E-state index in [0.717, 1.165) is 31.7 Å². The second-order valence-electron chi connectivity index (χ2n) is 6.03. The summed E-state index contributed by atoms with van der Waals surface area (Å²) in [7, 11) is 3.24. The summed E-state index contributed by atoms with van der Waals surface area (Å²) in [6.07, 6.45) is 5.66.